The van der Waals surface area contributed by atoms with Gasteiger partial charge in [0, 0.05) is 6.42 Å². The molecule has 15 heteroatoms. The summed E-state index contributed by atoms with van der Waals surface area (Å²) in [5, 5.41) is 8.50. The SMILES string of the molecule is O=C(O)CCC(N(CP(=O)(O)O)CP(=O)(O)O)P(=O)(O)O. The summed E-state index contributed by atoms with van der Waals surface area (Å²) < 4.78 is 33.2. The molecule has 0 spiro atoms. The number of hydrogen-bond donors (Lipinski definition) is 7. The number of hydrogen-bond acceptors (Lipinski definition) is 5. The van der Waals surface area contributed by atoms with E-state index in [9.17, 15) is 18.5 Å². The lowest BCUT2D eigenvalue weighted by atomic mass is 10.3. The first kappa shape index (κ1) is 20.9. The van der Waals surface area contributed by atoms with Crippen molar-refractivity contribution in [1.29, 1.82) is 0 Å². The van der Waals surface area contributed by atoms with Crippen molar-refractivity contribution in [3.63, 3.8) is 0 Å². The van der Waals surface area contributed by atoms with Gasteiger partial charge in [-0.25, -0.2) is 0 Å². The standard InChI is InChI=1S/C6H16NO11P3/c8-6(9)2-1-5(21(16,17)18)7(3-19(10,11)12)4-20(13,14)15/h5H,1-4H2,(H,8,9)(H2,10,11,12)(H2,13,14,15)(H2,16,17,18). The topological polar surface area (TPSA) is 213 Å². The van der Waals surface area contributed by atoms with Crippen LogP contribution in [0.25, 0.3) is 0 Å². The molecule has 0 rings (SSSR count). The van der Waals surface area contributed by atoms with Gasteiger partial charge in [-0.3, -0.25) is 23.4 Å². The summed E-state index contributed by atoms with van der Waals surface area (Å²) in [7, 11) is -14.9. The third-order valence-electron chi connectivity index (χ3n) is 2.16. The molecule has 0 aromatic carbocycles. The van der Waals surface area contributed by atoms with Crippen LogP contribution in [-0.2, 0) is 18.5 Å². The second-order valence-electron chi connectivity index (χ2n) is 4.20. The van der Waals surface area contributed by atoms with Crippen molar-refractivity contribution in [1.82, 2.24) is 4.90 Å². The molecule has 0 bridgehead atoms. The lowest BCUT2D eigenvalue weighted by Gasteiger charge is -2.31. The Hall–Kier alpha value is -0.120. The molecule has 126 valence electrons. The van der Waals surface area contributed by atoms with Crippen LogP contribution in [0.2, 0.25) is 0 Å². The second-order valence-corrected chi connectivity index (χ2v) is 9.20. The van der Waals surface area contributed by atoms with Gasteiger partial charge < -0.3 is 34.5 Å². The van der Waals surface area contributed by atoms with Crippen molar-refractivity contribution in [3.05, 3.63) is 0 Å². The van der Waals surface area contributed by atoms with E-state index in [1.54, 1.807) is 0 Å². The van der Waals surface area contributed by atoms with Gasteiger partial charge in [-0.1, -0.05) is 0 Å². The summed E-state index contributed by atoms with van der Waals surface area (Å²) >= 11 is 0. The van der Waals surface area contributed by atoms with Crippen LogP contribution in [-0.4, -0.2) is 63.7 Å². The Morgan fingerprint density at radius 3 is 1.52 bits per heavy atom. The van der Waals surface area contributed by atoms with Gasteiger partial charge in [-0.2, -0.15) is 0 Å². The highest BCUT2D eigenvalue weighted by atomic mass is 31.2. The summed E-state index contributed by atoms with van der Waals surface area (Å²) in [6.45, 7) is 0. The highest BCUT2D eigenvalue weighted by molar-refractivity contribution is 7.54. The minimum Gasteiger partial charge on any atom is -0.481 e. The third kappa shape index (κ3) is 10.3. The van der Waals surface area contributed by atoms with Gasteiger partial charge in [-0.05, 0) is 6.42 Å². The molecular weight excluding hydrogens is 355 g/mol. The van der Waals surface area contributed by atoms with E-state index in [0.29, 0.717) is 0 Å². The van der Waals surface area contributed by atoms with Crippen LogP contribution in [0.5, 0.6) is 0 Å². The zero-order valence-electron chi connectivity index (χ0n) is 10.5. The van der Waals surface area contributed by atoms with Gasteiger partial charge in [0.25, 0.3) is 0 Å². The molecule has 0 aliphatic rings. The van der Waals surface area contributed by atoms with E-state index in [2.05, 4.69) is 0 Å². The zero-order chi connectivity index (χ0) is 17.1. The normalized spacial score (nSPS) is 15.2. The maximum atomic E-state index is 11.3. The average molecular weight is 371 g/mol. The van der Waals surface area contributed by atoms with Crippen LogP contribution in [0.4, 0.5) is 0 Å². The summed E-state index contributed by atoms with van der Waals surface area (Å²) in [4.78, 5) is 64.2. The van der Waals surface area contributed by atoms with Crippen molar-refractivity contribution < 1.29 is 53.0 Å². The summed E-state index contributed by atoms with van der Waals surface area (Å²) in [5.41, 5.74) is 0. The fourth-order valence-corrected chi connectivity index (χ4v) is 4.53. The molecule has 0 aromatic heterocycles. The van der Waals surface area contributed by atoms with E-state index < -0.39 is 60.0 Å². The number of carboxylic acids is 1. The predicted molar refractivity (Wildman–Crippen MR) is 68.4 cm³/mol. The minimum atomic E-state index is -5.08. The van der Waals surface area contributed by atoms with Gasteiger partial charge in [0.2, 0.25) is 0 Å². The van der Waals surface area contributed by atoms with Gasteiger partial charge in [0.05, 0.1) is 0 Å². The molecule has 0 aliphatic heterocycles. The summed E-state index contributed by atoms with van der Waals surface area (Å²) in [6, 6.07) is 0. The van der Waals surface area contributed by atoms with Crippen LogP contribution >= 0.6 is 22.8 Å². The lowest BCUT2D eigenvalue weighted by molar-refractivity contribution is -0.137. The van der Waals surface area contributed by atoms with E-state index >= 15 is 0 Å². The van der Waals surface area contributed by atoms with Crippen molar-refractivity contribution in [2.24, 2.45) is 0 Å². The second kappa shape index (κ2) is 7.43. The monoisotopic (exact) mass is 371 g/mol. The van der Waals surface area contributed by atoms with Gasteiger partial charge in [0.15, 0.2) is 0 Å². The van der Waals surface area contributed by atoms with E-state index in [1.807, 2.05) is 0 Å². The van der Waals surface area contributed by atoms with Crippen LogP contribution in [0.3, 0.4) is 0 Å². The molecule has 0 aliphatic carbocycles. The summed E-state index contributed by atoms with van der Waals surface area (Å²) in [5.74, 6) is -3.46. The Labute approximate surface area is 118 Å². The Morgan fingerprint density at radius 2 is 1.29 bits per heavy atom. The molecule has 12 nitrogen and oxygen atoms in total. The van der Waals surface area contributed by atoms with Crippen molar-refractivity contribution in [2.75, 3.05) is 12.6 Å². The fourth-order valence-electron chi connectivity index (χ4n) is 1.52. The minimum absolute atomic E-state index is 0.227. The molecule has 7 N–H and O–H groups in total. The highest BCUT2D eigenvalue weighted by Crippen LogP contribution is 2.51. The van der Waals surface area contributed by atoms with Crippen molar-refractivity contribution >= 4 is 28.8 Å². The Balaban J connectivity index is 5.44. The quantitative estimate of drug-likeness (QED) is 0.241. The fraction of sp³-hybridized carbons (Fsp3) is 0.833. The van der Waals surface area contributed by atoms with E-state index in [4.69, 9.17) is 34.5 Å². The van der Waals surface area contributed by atoms with Gasteiger partial charge in [0.1, 0.15) is 18.4 Å². The van der Waals surface area contributed by atoms with Gasteiger partial charge >= 0.3 is 28.8 Å². The molecule has 0 saturated heterocycles. The van der Waals surface area contributed by atoms with Crippen LogP contribution < -0.4 is 0 Å². The van der Waals surface area contributed by atoms with E-state index in [-0.39, 0.29) is 4.90 Å². The number of carboxylic acid groups (broad SMARTS) is 1. The van der Waals surface area contributed by atoms with Crippen molar-refractivity contribution in [2.45, 2.75) is 18.6 Å². The molecule has 0 fully saturated rings. The maximum Gasteiger partial charge on any atom is 0.342 e. The summed E-state index contributed by atoms with van der Waals surface area (Å²) in [6.07, 6.45) is -4.14. The molecular formula is C6H16NO11P3. The number of rotatable bonds is 9. The zero-order valence-corrected chi connectivity index (χ0v) is 13.1. The molecule has 21 heavy (non-hydrogen) atoms. The number of carbonyl (C=O) groups is 1. The Morgan fingerprint density at radius 1 is 0.905 bits per heavy atom. The average Bonchev–Trinajstić information content (AvgIpc) is 2.08. The predicted octanol–water partition coefficient (Wildman–Crippen LogP) is -1.07. The first-order valence-electron chi connectivity index (χ1n) is 5.22. The van der Waals surface area contributed by atoms with Gasteiger partial charge in [-0.15, -0.1) is 0 Å². The third-order valence-corrected chi connectivity index (χ3v) is 4.98. The maximum absolute atomic E-state index is 11.3. The lowest BCUT2D eigenvalue weighted by Crippen LogP contribution is -2.37. The Bertz CT molecular complexity index is 478. The largest absolute Gasteiger partial charge is 0.481 e. The van der Waals surface area contributed by atoms with Crippen molar-refractivity contribution in [3.8, 4) is 0 Å². The van der Waals surface area contributed by atoms with E-state index in [0.717, 1.165) is 0 Å². The molecule has 0 saturated carbocycles. The molecule has 1 atom stereocenters. The first-order valence-corrected chi connectivity index (χ1v) is 10.5. The molecule has 0 amide bonds. The molecule has 0 heterocycles. The van der Waals surface area contributed by atoms with Crippen LogP contribution in [0.15, 0.2) is 0 Å². The highest BCUT2D eigenvalue weighted by Gasteiger charge is 2.40. The smallest absolute Gasteiger partial charge is 0.342 e. The molecule has 0 aromatic rings. The van der Waals surface area contributed by atoms with Crippen LogP contribution in [0.1, 0.15) is 12.8 Å². The van der Waals surface area contributed by atoms with Crippen LogP contribution in [0, 0.1) is 0 Å². The number of aliphatic carboxylic acids is 1. The Kier molecular flexibility index (Phi) is 7.39. The first-order chi connectivity index (χ1) is 9.12. The number of nitrogens with zero attached hydrogens (tertiary/aromatic N) is 1. The molecule has 0 radical (unpaired) electrons. The van der Waals surface area contributed by atoms with E-state index in [1.165, 1.54) is 0 Å². The molecule has 1 unspecified atom stereocenters.